The number of rotatable bonds is 5. The van der Waals surface area contributed by atoms with E-state index in [4.69, 9.17) is 27.6 Å². The fraction of sp³-hybridized carbons (Fsp3) is 0.0455. The largest absolute Gasteiger partial charge is 0.420 e. The maximum atomic E-state index is 12.7. The van der Waals surface area contributed by atoms with E-state index in [1.165, 1.54) is 10.6 Å². The number of nitrogens with one attached hydrogen (secondary N) is 1. The molecular formula is C22H14Cl2N2O4. The first kappa shape index (κ1) is 19.9. The summed E-state index contributed by atoms with van der Waals surface area (Å²) in [6.45, 7) is -0.269. The highest BCUT2D eigenvalue weighted by atomic mass is 35.5. The number of halogens is 2. The van der Waals surface area contributed by atoms with Crippen LogP contribution in [0.4, 0.5) is 5.69 Å². The highest BCUT2D eigenvalue weighted by Gasteiger charge is 2.17. The summed E-state index contributed by atoms with van der Waals surface area (Å²) in [4.78, 5) is 37.4. The Morgan fingerprint density at radius 2 is 1.63 bits per heavy atom. The summed E-state index contributed by atoms with van der Waals surface area (Å²) in [7, 11) is 0. The normalized spacial score (nSPS) is 10.9. The zero-order valence-electron chi connectivity index (χ0n) is 15.4. The van der Waals surface area contributed by atoms with Crippen molar-refractivity contribution in [2.45, 2.75) is 6.54 Å². The Morgan fingerprint density at radius 1 is 0.933 bits per heavy atom. The summed E-state index contributed by atoms with van der Waals surface area (Å²) < 4.78 is 6.43. The van der Waals surface area contributed by atoms with Gasteiger partial charge in [0.25, 0.3) is 0 Å². The number of carbonyl (C=O) groups is 2. The fourth-order valence-electron chi connectivity index (χ4n) is 3.05. The van der Waals surface area contributed by atoms with E-state index in [9.17, 15) is 14.4 Å². The highest BCUT2D eigenvalue weighted by molar-refractivity contribution is 6.35. The van der Waals surface area contributed by atoms with Crippen molar-refractivity contribution in [1.29, 1.82) is 0 Å². The molecule has 1 N–H and O–H groups in total. The van der Waals surface area contributed by atoms with Gasteiger partial charge in [-0.25, -0.2) is 4.79 Å². The van der Waals surface area contributed by atoms with Crippen molar-refractivity contribution in [3.05, 3.63) is 98.5 Å². The predicted octanol–water partition coefficient (Wildman–Crippen LogP) is 4.77. The number of benzene rings is 3. The third-order valence-electron chi connectivity index (χ3n) is 4.50. The van der Waals surface area contributed by atoms with Gasteiger partial charge in [-0.1, -0.05) is 47.5 Å². The molecule has 1 heterocycles. The molecule has 0 aliphatic carbocycles. The number of ketones is 1. The summed E-state index contributed by atoms with van der Waals surface area (Å²) in [5.74, 6) is -1.44. The van der Waals surface area contributed by atoms with Crippen LogP contribution in [-0.2, 0) is 11.3 Å². The lowest BCUT2D eigenvalue weighted by Crippen LogP contribution is -2.24. The molecule has 0 atom stereocenters. The molecule has 0 aliphatic rings. The smallest absolute Gasteiger partial charge is 0.408 e. The van der Waals surface area contributed by atoms with Crippen LogP contribution in [-0.4, -0.2) is 16.3 Å². The number of aromatic nitrogens is 1. The molecule has 0 bridgehead atoms. The third-order valence-corrected chi connectivity index (χ3v) is 5.16. The molecule has 0 saturated heterocycles. The number of fused-ring (bicyclic) bond motifs is 1. The molecule has 0 spiro atoms. The lowest BCUT2D eigenvalue weighted by atomic mass is 10.0. The molecule has 150 valence electrons. The second-order valence-electron chi connectivity index (χ2n) is 6.47. The van der Waals surface area contributed by atoms with Crippen LogP contribution in [0.2, 0.25) is 10.0 Å². The van der Waals surface area contributed by atoms with Gasteiger partial charge in [0, 0.05) is 11.1 Å². The Morgan fingerprint density at radius 3 is 2.37 bits per heavy atom. The number of anilines is 1. The Bertz CT molecular complexity index is 1340. The van der Waals surface area contributed by atoms with Crippen LogP contribution in [0, 0.1) is 0 Å². The van der Waals surface area contributed by atoms with Crippen molar-refractivity contribution in [1.82, 2.24) is 4.57 Å². The van der Waals surface area contributed by atoms with E-state index in [0.29, 0.717) is 32.4 Å². The van der Waals surface area contributed by atoms with E-state index >= 15 is 0 Å². The van der Waals surface area contributed by atoms with E-state index in [1.54, 1.807) is 60.7 Å². The third kappa shape index (κ3) is 3.87. The van der Waals surface area contributed by atoms with Crippen LogP contribution in [0.15, 0.2) is 75.9 Å². The van der Waals surface area contributed by atoms with Gasteiger partial charge in [-0.05, 0) is 42.5 Å². The minimum atomic E-state index is -0.707. The second-order valence-corrected chi connectivity index (χ2v) is 7.29. The Labute approximate surface area is 180 Å². The van der Waals surface area contributed by atoms with Gasteiger partial charge in [-0.15, -0.1) is 0 Å². The SMILES string of the molecule is O=C(Cn1c(=O)oc2cc(C(=O)c3ccccc3Cl)ccc21)Nc1ccccc1Cl. The van der Waals surface area contributed by atoms with Gasteiger partial charge in [0.2, 0.25) is 5.91 Å². The molecule has 3 aromatic carbocycles. The average Bonchev–Trinajstić information content (AvgIpc) is 3.04. The molecule has 0 saturated carbocycles. The number of oxazole rings is 1. The predicted molar refractivity (Wildman–Crippen MR) is 115 cm³/mol. The maximum Gasteiger partial charge on any atom is 0.420 e. The summed E-state index contributed by atoms with van der Waals surface area (Å²) in [6, 6.07) is 18.1. The summed E-state index contributed by atoms with van der Waals surface area (Å²) in [5.41, 5.74) is 1.70. The number of nitrogens with zero attached hydrogens (tertiary/aromatic N) is 1. The molecule has 30 heavy (non-hydrogen) atoms. The number of para-hydroxylation sites is 1. The van der Waals surface area contributed by atoms with Crippen LogP contribution >= 0.6 is 23.2 Å². The number of carbonyl (C=O) groups excluding carboxylic acids is 2. The van der Waals surface area contributed by atoms with E-state index in [0.717, 1.165) is 0 Å². The zero-order valence-corrected chi connectivity index (χ0v) is 16.9. The Kier molecular flexibility index (Phi) is 5.44. The van der Waals surface area contributed by atoms with Crippen molar-refractivity contribution in [2.24, 2.45) is 0 Å². The van der Waals surface area contributed by atoms with E-state index < -0.39 is 11.7 Å². The topological polar surface area (TPSA) is 81.3 Å². The van der Waals surface area contributed by atoms with Crippen molar-refractivity contribution >= 4 is 51.7 Å². The van der Waals surface area contributed by atoms with Crippen molar-refractivity contribution in [3.63, 3.8) is 0 Å². The minimum Gasteiger partial charge on any atom is -0.408 e. The molecule has 0 aliphatic heterocycles. The van der Waals surface area contributed by atoms with E-state index in [1.807, 2.05) is 0 Å². The van der Waals surface area contributed by atoms with Gasteiger partial charge in [0.05, 0.1) is 21.2 Å². The van der Waals surface area contributed by atoms with Crippen LogP contribution in [0.1, 0.15) is 15.9 Å². The summed E-state index contributed by atoms with van der Waals surface area (Å²) >= 11 is 12.1. The van der Waals surface area contributed by atoms with Gasteiger partial charge >= 0.3 is 5.76 Å². The van der Waals surface area contributed by atoms with Crippen molar-refractivity contribution in [3.8, 4) is 0 Å². The standard InChI is InChI=1S/C22H14Cl2N2O4/c23-15-6-2-1-5-14(15)21(28)13-9-10-18-19(11-13)30-22(29)26(18)12-20(27)25-17-8-4-3-7-16(17)24/h1-11H,12H2,(H,25,27). The maximum absolute atomic E-state index is 12.7. The number of hydrogen-bond donors (Lipinski definition) is 1. The summed E-state index contributed by atoms with van der Waals surface area (Å²) in [5, 5.41) is 3.38. The van der Waals surface area contributed by atoms with Gasteiger partial charge in [-0.3, -0.25) is 14.2 Å². The van der Waals surface area contributed by atoms with Crippen molar-refractivity contribution < 1.29 is 14.0 Å². The molecular weight excluding hydrogens is 427 g/mol. The molecule has 4 aromatic rings. The number of hydrogen-bond acceptors (Lipinski definition) is 4. The summed E-state index contributed by atoms with van der Waals surface area (Å²) in [6.07, 6.45) is 0. The van der Waals surface area contributed by atoms with Crippen LogP contribution in [0.3, 0.4) is 0 Å². The van der Waals surface area contributed by atoms with Gasteiger partial charge in [0.1, 0.15) is 6.54 Å². The Balaban J connectivity index is 1.62. The molecule has 1 amide bonds. The first-order chi connectivity index (χ1) is 14.4. The monoisotopic (exact) mass is 440 g/mol. The van der Waals surface area contributed by atoms with E-state index in [2.05, 4.69) is 5.32 Å². The fourth-order valence-corrected chi connectivity index (χ4v) is 3.46. The lowest BCUT2D eigenvalue weighted by molar-refractivity contribution is -0.116. The van der Waals surface area contributed by atoms with Crippen LogP contribution in [0.25, 0.3) is 11.1 Å². The molecule has 0 unspecified atom stereocenters. The molecule has 1 aromatic heterocycles. The van der Waals surface area contributed by atoms with Crippen molar-refractivity contribution in [2.75, 3.05) is 5.32 Å². The van der Waals surface area contributed by atoms with Gasteiger partial charge in [-0.2, -0.15) is 0 Å². The van der Waals surface area contributed by atoms with E-state index in [-0.39, 0.29) is 17.9 Å². The molecule has 4 rings (SSSR count). The minimum absolute atomic E-state index is 0.198. The zero-order chi connectivity index (χ0) is 21.3. The second kappa shape index (κ2) is 8.18. The van der Waals surface area contributed by atoms with Gasteiger partial charge in [0.15, 0.2) is 11.4 Å². The number of amides is 1. The lowest BCUT2D eigenvalue weighted by Gasteiger charge is -2.07. The molecule has 8 heteroatoms. The van der Waals surface area contributed by atoms with Gasteiger partial charge < -0.3 is 9.73 Å². The quantitative estimate of drug-likeness (QED) is 0.453. The first-order valence-corrected chi connectivity index (χ1v) is 9.66. The van der Waals surface area contributed by atoms with Crippen LogP contribution < -0.4 is 11.1 Å². The first-order valence-electron chi connectivity index (χ1n) is 8.91. The molecule has 0 fully saturated rings. The Hall–Kier alpha value is -3.35. The average molecular weight is 441 g/mol. The molecule has 0 radical (unpaired) electrons. The molecule has 6 nitrogen and oxygen atoms in total. The van der Waals surface area contributed by atoms with Crippen LogP contribution in [0.5, 0.6) is 0 Å². The highest BCUT2D eigenvalue weighted by Crippen LogP contribution is 2.23.